The molecule has 1 rings (SSSR count). The molecule has 4 heteroatoms. The molecule has 1 atom stereocenters. The predicted molar refractivity (Wildman–Crippen MR) is 61.7 cm³/mol. The van der Waals surface area contributed by atoms with Crippen molar-refractivity contribution >= 4 is 18.0 Å². The summed E-state index contributed by atoms with van der Waals surface area (Å²) in [4.78, 5) is 33.6. The SMILES string of the molecule is COC(=O)C(C=O)CC(=O)c1ccc(C)cc1. The van der Waals surface area contributed by atoms with Crippen LogP contribution in [0.15, 0.2) is 24.3 Å². The Kier molecular flexibility index (Phi) is 4.57. The minimum atomic E-state index is -1.02. The van der Waals surface area contributed by atoms with Crippen LogP contribution in [0.2, 0.25) is 0 Å². The van der Waals surface area contributed by atoms with E-state index in [1.54, 1.807) is 24.3 Å². The fraction of sp³-hybridized carbons (Fsp3) is 0.308. The van der Waals surface area contributed by atoms with E-state index in [4.69, 9.17) is 0 Å². The van der Waals surface area contributed by atoms with Crippen molar-refractivity contribution in [1.29, 1.82) is 0 Å². The maximum absolute atomic E-state index is 11.8. The number of methoxy groups -OCH3 is 1. The summed E-state index contributed by atoms with van der Waals surface area (Å²) < 4.78 is 4.44. The molecule has 0 radical (unpaired) electrons. The Labute approximate surface area is 99.6 Å². The van der Waals surface area contributed by atoms with Gasteiger partial charge in [-0.1, -0.05) is 29.8 Å². The molecule has 90 valence electrons. The highest BCUT2D eigenvalue weighted by Crippen LogP contribution is 2.11. The van der Waals surface area contributed by atoms with E-state index in [2.05, 4.69) is 4.74 Å². The molecule has 0 aromatic heterocycles. The highest BCUT2D eigenvalue weighted by molar-refractivity contribution is 6.01. The Balaban J connectivity index is 2.74. The zero-order valence-electron chi connectivity index (χ0n) is 9.80. The van der Waals surface area contributed by atoms with Crippen molar-refractivity contribution in [3.63, 3.8) is 0 Å². The number of carbonyl (C=O) groups excluding carboxylic acids is 3. The molecule has 0 amide bonds. The Morgan fingerprint density at radius 3 is 2.35 bits per heavy atom. The fourth-order valence-corrected chi connectivity index (χ4v) is 1.40. The standard InChI is InChI=1S/C13H14O4/c1-9-3-5-10(6-4-9)12(15)7-11(8-14)13(16)17-2/h3-6,8,11H,7H2,1-2H3. The molecule has 0 aliphatic heterocycles. The number of ether oxygens (including phenoxy) is 1. The smallest absolute Gasteiger partial charge is 0.316 e. The lowest BCUT2D eigenvalue weighted by Gasteiger charge is -2.07. The van der Waals surface area contributed by atoms with Crippen LogP contribution in [0.1, 0.15) is 22.3 Å². The van der Waals surface area contributed by atoms with Gasteiger partial charge in [0, 0.05) is 12.0 Å². The van der Waals surface area contributed by atoms with E-state index < -0.39 is 11.9 Å². The van der Waals surface area contributed by atoms with Gasteiger partial charge in [0.05, 0.1) is 7.11 Å². The lowest BCUT2D eigenvalue weighted by molar-refractivity contribution is -0.146. The van der Waals surface area contributed by atoms with E-state index in [-0.39, 0.29) is 12.2 Å². The number of hydrogen-bond acceptors (Lipinski definition) is 4. The molecule has 1 aromatic rings. The molecule has 0 spiro atoms. The molecule has 0 bridgehead atoms. The third kappa shape index (κ3) is 3.52. The van der Waals surface area contributed by atoms with Crippen molar-refractivity contribution in [1.82, 2.24) is 0 Å². The molecule has 0 aliphatic carbocycles. The van der Waals surface area contributed by atoms with Gasteiger partial charge in [-0.15, -0.1) is 0 Å². The summed E-state index contributed by atoms with van der Waals surface area (Å²) in [5, 5.41) is 0. The highest BCUT2D eigenvalue weighted by atomic mass is 16.5. The molecular formula is C13H14O4. The van der Waals surface area contributed by atoms with Crippen LogP contribution in [-0.4, -0.2) is 25.1 Å². The molecule has 0 saturated carbocycles. The van der Waals surface area contributed by atoms with Crippen molar-refractivity contribution in [3.8, 4) is 0 Å². The quantitative estimate of drug-likeness (QED) is 0.336. The lowest BCUT2D eigenvalue weighted by atomic mass is 9.99. The van der Waals surface area contributed by atoms with Gasteiger partial charge in [0.15, 0.2) is 5.78 Å². The molecule has 0 saturated heterocycles. The summed E-state index contributed by atoms with van der Waals surface area (Å²) in [5.41, 5.74) is 1.54. The second-order valence-corrected chi connectivity index (χ2v) is 3.76. The number of hydrogen-bond donors (Lipinski definition) is 0. The van der Waals surface area contributed by atoms with Gasteiger partial charge >= 0.3 is 5.97 Å². The summed E-state index contributed by atoms with van der Waals surface area (Å²) in [7, 11) is 1.19. The number of esters is 1. The van der Waals surface area contributed by atoms with Gasteiger partial charge in [0.1, 0.15) is 12.2 Å². The van der Waals surface area contributed by atoms with E-state index in [9.17, 15) is 14.4 Å². The first-order valence-electron chi connectivity index (χ1n) is 5.21. The first-order chi connectivity index (χ1) is 8.08. The van der Waals surface area contributed by atoms with Crippen LogP contribution in [0.25, 0.3) is 0 Å². The minimum Gasteiger partial charge on any atom is -0.468 e. The van der Waals surface area contributed by atoms with Gasteiger partial charge in [-0.05, 0) is 6.92 Å². The maximum Gasteiger partial charge on any atom is 0.316 e. The van der Waals surface area contributed by atoms with Crippen LogP contribution in [0.3, 0.4) is 0 Å². The zero-order chi connectivity index (χ0) is 12.8. The Morgan fingerprint density at radius 1 is 1.29 bits per heavy atom. The minimum absolute atomic E-state index is 0.154. The first kappa shape index (κ1) is 13.1. The third-order valence-electron chi connectivity index (χ3n) is 2.45. The van der Waals surface area contributed by atoms with Crippen molar-refractivity contribution < 1.29 is 19.1 Å². The molecule has 0 fully saturated rings. The second kappa shape index (κ2) is 5.94. The van der Waals surface area contributed by atoms with Gasteiger partial charge < -0.3 is 9.53 Å². The first-order valence-corrected chi connectivity index (χ1v) is 5.21. The highest BCUT2D eigenvalue weighted by Gasteiger charge is 2.22. The summed E-state index contributed by atoms with van der Waals surface area (Å²) >= 11 is 0. The molecule has 0 aliphatic rings. The van der Waals surface area contributed by atoms with Crippen molar-refractivity contribution in [2.24, 2.45) is 5.92 Å². The Bertz CT molecular complexity index is 420. The molecule has 1 aromatic carbocycles. The van der Waals surface area contributed by atoms with E-state index in [1.165, 1.54) is 7.11 Å². The van der Waals surface area contributed by atoms with Crippen molar-refractivity contribution in [3.05, 3.63) is 35.4 Å². The van der Waals surface area contributed by atoms with E-state index in [0.717, 1.165) is 5.56 Å². The monoisotopic (exact) mass is 234 g/mol. The van der Waals surface area contributed by atoms with E-state index in [1.807, 2.05) is 6.92 Å². The summed E-state index contributed by atoms with van der Waals surface area (Å²) in [6, 6.07) is 6.97. The Hall–Kier alpha value is -1.97. The lowest BCUT2D eigenvalue weighted by Crippen LogP contribution is -2.21. The average molecular weight is 234 g/mol. The maximum atomic E-state index is 11.8. The number of aryl methyl sites for hydroxylation is 1. The second-order valence-electron chi connectivity index (χ2n) is 3.76. The van der Waals surface area contributed by atoms with Crippen LogP contribution in [0, 0.1) is 12.8 Å². The van der Waals surface area contributed by atoms with Gasteiger partial charge in [-0.2, -0.15) is 0 Å². The molecule has 0 heterocycles. The third-order valence-corrected chi connectivity index (χ3v) is 2.45. The predicted octanol–water partition coefficient (Wildman–Crippen LogP) is 1.56. The Morgan fingerprint density at radius 2 is 1.88 bits per heavy atom. The van der Waals surface area contributed by atoms with Crippen molar-refractivity contribution in [2.75, 3.05) is 7.11 Å². The van der Waals surface area contributed by atoms with Crippen molar-refractivity contribution in [2.45, 2.75) is 13.3 Å². The van der Waals surface area contributed by atoms with Gasteiger partial charge in [-0.3, -0.25) is 9.59 Å². The summed E-state index contributed by atoms with van der Waals surface area (Å²) in [6.45, 7) is 1.91. The molecule has 1 unspecified atom stereocenters. The number of ketones is 1. The van der Waals surface area contributed by atoms with Gasteiger partial charge in [0.25, 0.3) is 0 Å². The topological polar surface area (TPSA) is 60.4 Å². The number of Topliss-reactive ketones (excluding diaryl/α,β-unsaturated/α-hetero) is 1. The number of carbonyl (C=O) groups is 3. The van der Waals surface area contributed by atoms with Crippen LogP contribution in [-0.2, 0) is 14.3 Å². The van der Waals surface area contributed by atoms with E-state index >= 15 is 0 Å². The number of benzene rings is 1. The number of rotatable bonds is 5. The van der Waals surface area contributed by atoms with Crippen LogP contribution in [0.4, 0.5) is 0 Å². The van der Waals surface area contributed by atoms with Crippen LogP contribution >= 0.6 is 0 Å². The van der Waals surface area contributed by atoms with Crippen LogP contribution in [0.5, 0.6) is 0 Å². The molecule has 0 N–H and O–H groups in total. The summed E-state index contributed by atoms with van der Waals surface area (Å²) in [5.74, 6) is -1.94. The molecule has 17 heavy (non-hydrogen) atoms. The number of aldehydes is 1. The van der Waals surface area contributed by atoms with E-state index in [0.29, 0.717) is 11.8 Å². The largest absolute Gasteiger partial charge is 0.468 e. The molecular weight excluding hydrogens is 220 g/mol. The molecule has 4 nitrogen and oxygen atoms in total. The normalized spacial score (nSPS) is 11.6. The summed E-state index contributed by atoms with van der Waals surface area (Å²) in [6.07, 6.45) is 0.289. The van der Waals surface area contributed by atoms with Gasteiger partial charge in [-0.25, -0.2) is 0 Å². The van der Waals surface area contributed by atoms with Crippen LogP contribution < -0.4 is 0 Å². The zero-order valence-corrected chi connectivity index (χ0v) is 9.80. The fourth-order valence-electron chi connectivity index (χ4n) is 1.40. The van der Waals surface area contributed by atoms with Gasteiger partial charge in [0.2, 0.25) is 0 Å². The average Bonchev–Trinajstić information content (AvgIpc) is 2.35.